The van der Waals surface area contributed by atoms with E-state index in [1.54, 1.807) is 31.4 Å². The van der Waals surface area contributed by atoms with Gasteiger partial charge in [-0.3, -0.25) is 15.0 Å². The summed E-state index contributed by atoms with van der Waals surface area (Å²) >= 11 is 0. The smallest absolute Gasteiger partial charge is 0.280 e. The number of aliphatic hydroxyl groups excluding tert-OH is 2. The van der Waals surface area contributed by atoms with Gasteiger partial charge in [0.15, 0.2) is 0 Å². The van der Waals surface area contributed by atoms with Crippen molar-refractivity contribution in [2.75, 3.05) is 51.8 Å². The Bertz CT molecular complexity index is 1000. The van der Waals surface area contributed by atoms with Crippen molar-refractivity contribution in [2.45, 2.75) is 0 Å². The lowest BCUT2D eigenvalue weighted by atomic mass is 10.1. The first-order chi connectivity index (χ1) is 14.1. The second-order valence-electron chi connectivity index (χ2n) is 6.51. The van der Waals surface area contributed by atoms with Crippen molar-refractivity contribution in [2.24, 2.45) is 0 Å². The number of pyridine rings is 1. The molecule has 0 aliphatic rings. The number of nitro benzene ring substituents is 1. The van der Waals surface area contributed by atoms with E-state index in [1.165, 1.54) is 6.07 Å². The van der Waals surface area contributed by atoms with Crippen molar-refractivity contribution in [3.05, 3.63) is 46.5 Å². The minimum Gasteiger partial charge on any atom is -0.497 e. The molecule has 0 unspecified atom stereocenters. The maximum atomic E-state index is 11.6. The van der Waals surface area contributed by atoms with E-state index in [-0.39, 0.29) is 18.9 Å². The number of aliphatic hydroxyl groups is 2. The molecule has 0 aliphatic carbocycles. The molecule has 154 valence electrons. The van der Waals surface area contributed by atoms with Gasteiger partial charge in [0.25, 0.3) is 5.69 Å². The number of anilines is 1. The van der Waals surface area contributed by atoms with Gasteiger partial charge in [-0.2, -0.15) is 0 Å². The van der Waals surface area contributed by atoms with Crippen molar-refractivity contribution in [3.8, 4) is 5.75 Å². The third-order valence-corrected chi connectivity index (χ3v) is 4.74. The molecule has 29 heavy (non-hydrogen) atoms. The lowest BCUT2D eigenvalue weighted by Crippen LogP contribution is -2.34. The van der Waals surface area contributed by atoms with Gasteiger partial charge in [-0.05, 0) is 24.3 Å². The summed E-state index contributed by atoms with van der Waals surface area (Å²) in [5, 5.41) is 34.5. The molecule has 3 rings (SSSR count). The van der Waals surface area contributed by atoms with Gasteiger partial charge in [0.05, 0.1) is 42.0 Å². The average Bonchev–Trinajstić information content (AvgIpc) is 2.72. The predicted molar refractivity (Wildman–Crippen MR) is 112 cm³/mol. The number of non-ortho nitro benzene ring substituents is 1. The normalized spacial score (nSPS) is 11.3. The Kier molecular flexibility index (Phi) is 6.76. The maximum absolute atomic E-state index is 11.6. The number of rotatable bonds is 10. The monoisotopic (exact) mass is 400 g/mol. The zero-order valence-electron chi connectivity index (χ0n) is 16.2. The van der Waals surface area contributed by atoms with E-state index in [1.807, 2.05) is 11.0 Å². The third-order valence-electron chi connectivity index (χ3n) is 4.74. The Morgan fingerprint density at radius 3 is 2.55 bits per heavy atom. The highest BCUT2D eigenvalue weighted by atomic mass is 16.6. The number of nitro groups is 1. The molecule has 0 bridgehead atoms. The second kappa shape index (κ2) is 9.46. The van der Waals surface area contributed by atoms with Crippen LogP contribution in [-0.4, -0.2) is 71.5 Å². The first-order valence-corrected chi connectivity index (χ1v) is 9.32. The molecule has 3 aromatic rings. The third kappa shape index (κ3) is 4.53. The molecule has 0 saturated carbocycles. The fraction of sp³-hybridized carbons (Fsp3) is 0.350. The summed E-state index contributed by atoms with van der Waals surface area (Å²) in [4.78, 5) is 17.7. The minimum atomic E-state index is -0.412. The zero-order valence-corrected chi connectivity index (χ0v) is 16.2. The molecule has 9 heteroatoms. The van der Waals surface area contributed by atoms with Crippen LogP contribution in [0.5, 0.6) is 5.75 Å². The minimum absolute atomic E-state index is 0.0101. The van der Waals surface area contributed by atoms with E-state index in [0.29, 0.717) is 54.0 Å². The van der Waals surface area contributed by atoms with Crippen LogP contribution in [0.15, 0.2) is 36.4 Å². The number of nitrogens with zero attached hydrogens (tertiary/aromatic N) is 3. The molecule has 3 N–H and O–H groups in total. The summed E-state index contributed by atoms with van der Waals surface area (Å²) in [6, 6.07) is 10.3. The van der Waals surface area contributed by atoms with E-state index in [4.69, 9.17) is 4.74 Å². The van der Waals surface area contributed by atoms with Crippen LogP contribution in [-0.2, 0) is 0 Å². The Balaban J connectivity index is 2.08. The lowest BCUT2D eigenvalue weighted by molar-refractivity contribution is -0.383. The summed E-state index contributed by atoms with van der Waals surface area (Å²) in [5.74, 6) is 0.627. The SMILES string of the molecule is COc1ccc2nc3cccc([N+](=O)[O-])c3c(NCCN(CCO)CCO)c2c1. The highest BCUT2D eigenvalue weighted by molar-refractivity contribution is 6.11. The van der Waals surface area contributed by atoms with Crippen LogP contribution in [0.25, 0.3) is 21.8 Å². The number of aromatic nitrogens is 1. The van der Waals surface area contributed by atoms with Gasteiger partial charge in [0, 0.05) is 37.6 Å². The van der Waals surface area contributed by atoms with Crippen LogP contribution in [0.3, 0.4) is 0 Å². The van der Waals surface area contributed by atoms with Crippen molar-refractivity contribution in [3.63, 3.8) is 0 Å². The standard InChI is InChI=1S/C20H24N4O5/c1-29-14-5-6-16-15(13-14)20(21-7-8-23(9-11-25)10-12-26)19-17(22-16)3-2-4-18(19)24(27)28/h2-6,13,25-26H,7-12H2,1H3,(H,21,22). The molecule has 0 saturated heterocycles. The van der Waals surface area contributed by atoms with E-state index < -0.39 is 4.92 Å². The summed E-state index contributed by atoms with van der Waals surface area (Å²) in [6.45, 7) is 1.88. The number of nitrogens with one attached hydrogen (secondary N) is 1. The Morgan fingerprint density at radius 1 is 1.14 bits per heavy atom. The van der Waals surface area contributed by atoms with Gasteiger partial charge in [-0.15, -0.1) is 0 Å². The number of fused-ring (bicyclic) bond motifs is 2. The Labute approximate surface area is 167 Å². The van der Waals surface area contributed by atoms with Crippen LogP contribution in [0, 0.1) is 10.1 Å². The molecular weight excluding hydrogens is 376 g/mol. The number of benzene rings is 2. The van der Waals surface area contributed by atoms with Crippen molar-refractivity contribution >= 4 is 33.2 Å². The van der Waals surface area contributed by atoms with E-state index in [9.17, 15) is 20.3 Å². The zero-order chi connectivity index (χ0) is 20.8. The molecule has 9 nitrogen and oxygen atoms in total. The Hall–Kier alpha value is -3.01. The highest BCUT2D eigenvalue weighted by Gasteiger charge is 2.19. The fourth-order valence-electron chi connectivity index (χ4n) is 3.37. The summed E-state index contributed by atoms with van der Waals surface area (Å²) < 4.78 is 5.32. The molecule has 2 aromatic carbocycles. The lowest BCUT2D eigenvalue weighted by Gasteiger charge is -2.21. The van der Waals surface area contributed by atoms with Crippen molar-refractivity contribution in [1.82, 2.24) is 9.88 Å². The molecular formula is C20H24N4O5. The van der Waals surface area contributed by atoms with E-state index in [2.05, 4.69) is 10.3 Å². The largest absolute Gasteiger partial charge is 0.497 e. The summed E-state index contributed by atoms with van der Waals surface area (Å²) in [6.07, 6.45) is 0. The number of methoxy groups -OCH3 is 1. The maximum Gasteiger partial charge on any atom is 0.280 e. The topological polar surface area (TPSA) is 121 Å². The predicted octanol–water partition coefficient (Wildman–Crippen LogP) is 2.00. The van der Waals surface area contributed by atoms with Gasteiger partial charge in [-0.25, -0.2) is 4.98 Å². The van der Waals surface area contributed by atoms with Crippen LogP contribution in [0.4, 0.5) is 11.4 Å². The Morgan fingerprint density at radius 2 is 1.90 bits per heavy atom. The molecule has 0 radical (unpaired) electrons. The fourth-order valence-corrected chi connectivity index (χ4v) is 3.37. The molecule has 1 heterocycles. The number of hydrogen-bond donors (Lipinski definition) is 3. The molecule has 0 amide bonds. The van der Waals surface area contributed by atoms with Gasteiger partial charge in [0.1, 0.15) is 11.1 Å². The molecule has 1 aromatic heterocycles. The first kappa shape index (κ1) is 20.7. The quantitative estimate of drug-likeness (QED) is 0.268. The number of ether oxygens (including phenoxy) is 1. The van der Waals surface area contributed by atoms with Gasteiger partial charge >= 0.3 is 0 Å². The van der Waals surface area contributed by atoms with E-state index >= 15 is 0 Å². The van der Waals surface area contributed by atoms with Crippen molar-refractivity contribution in [1.29, 1.82) is 0 Å². The first-order valence-electron chi connectivity index (χ1n) is 9.32. The molecule has 0 atom stereocenters. The van der Waals surface area contributed by atoms with Gasteiger partial charge in [-0.1, -0.05) is 6.07 Å². The van der Waals surface area contributed by atoms with Crippen LogP contribution >= 0.6 is 0 Å². The van der Waals surface area contributed by atoms with E-state index in [0.717, 1.165) is 5.39 Å². The van der Waals surface area contributed by atoms with Crippen LogP contribution in [0.1, 0.15) is 0 Å². The van der Waals surface area contributed by atoms with Crippen molar-refractivity contribution < 1.29 is 19.9 Å². The molecule has 0 fully saturated rings. The second-order valence-corrected chi connectivity index (χ2v) is 6.51. The highest BCUT2D eigenvalue weighted by Crippen LogP contribution is 2.37. The molecule has 0 spiro atoms. The molecule has 0 aliphatic heterocycles. The van der Waals surface area contributed by atoms with Crippen LogP contribution < -0.4 is 10.1 Å². The van der Waals surface area contributed by atoms with Gasteiger partial charge in [0.2, 0.25) is 0 Å². The number of hydrogen-bond acceptors (Lipinski definition) is 8. The van der Waals surface area contributed by atoms with Crippen LogP contribution in [0.2, 0.25) is 0 Å². The average molecular weight is 400 g/mol. The summed E-state index contributed by atoms with van der Waals surface area (Å²) in [7, 11) is 1.56. The van der Waals surface area contributed by atoms with Gasteiger partial charge < -0.3 is 20.3 Å². The summed E-state index contributed by atoms with van der Waals surface area (Å²) in [5.41, 5.74) is 1.82.